The lowest BCUT2D eigenvalue weighted by atomic mass is 10.3. The fraction of sp³-hybridized carbons (Fsp3) is 0.267. The van der Waals surface area contributed by atoms with Crippen LogP contribution < -0.4 is 20.9 Å². The van der Waals surface area contributed by atoms with Crippen molar-refractivity contribution >= 4 is 46.4 Å². The molecule has 2 rings (SSSR count). The van der Waals surface area contributed by atoms with E-state index in [9.17, 15) is 14.9 Å². The van der Waals surface area contributed by atoms with Crippen molar-refractivity contribution < 1.29 is 14.5 Å². The minimum Gasteiger partial charge on any atom is -0.482 e. The van der Waals surface area contributed by atoms with E-state index < -0.39 is 10.8 Å². The molecule has 0 saturated heterocycles. The second-order valence-electron chi connectivity index (χ2n) is 5.14. The third-order valence-electron chi connectivity index (χ3n) is 3.12. The van der Waals surface area contributed by atoms with Gasteiger partial charge in [-0.1, -0.05) is 30.1 Å². The Balaban J connectivity index is 1.98. The van der Waals surface area contributed by atoms with Gasteiger partial charge in [-0.15, -0.1) is 0 Å². The maximum Gasteiger partial charge on any atom is 0.354 e. The number of benzene rings is 1. The zero-order chi connectivity index (χ0) is 19.8. The fourth-order valence-corrected chi connectivity index (χ4v) is 2.38. The maximum atomic E-state index is 11.9. The third kappa shape index (κ3) is 5.83. The van der Waals surface area contributed by atoms with E-state index in [4.69, 9.17) is 27.9 Å². The van der Waals surface area contributed by atoms with E-state index in [-0.39, 0.29) is 34.7 Å². The Morgan fingerprint density at radius 2 is 2.04 bits per heavy atom. The van der Waals surface area contributed by atoms with Crippen LogP contribution in [0.5, 0.6) is 5.75 Å². The number of amides is 1. The third-order valence-corrected chi connectivity index (χ3v) is 3.65. The molecule has 1 aromatic carbocycles. The van der Waals surface area contributed by atoms with Crippen LogP contribution in [0.4, 0.5) is 17.3 Å². The quantitative estimate of drug-likeness (QED) is 0.421. The first-order valence-electron chi connectivity index (χ1n) is 7.78. The van der Waals surface area contributed by atoms with Gasteiger partial charge in [-0.05, 0) is 24.6 Å². The highest BCUT2D eigenvalue weighted by Gasteiger charge is 2.23. The van der Waals surface area contributed by atoms with Crippen LogP contribution in [-0.2, 0) is 4.79 Å². The second-order valence-corrected chi connectivity index (χ2v) is 5.98. The van der Waals surface area contributed by atoms with Crippen LogP contribution in [0.15, 0.2) is 24.5 Å². The standard InChI is InChI=1S/C15H16Cl2N6O4/c1-2-5-18-14-13(23(25)26)15(20-8-19-14)22-21-12(24)7-27-11-4-3-9(16)6-10(11)17/h3-4,6,8H,2,5,7H2,1H3,(H,21,24)(H2,18,19,20,22). The zero-order valence-electron chi connectivity index (χ0n) is 14.2. The Kier molecular flexibility index (Phi) is 7.38. The van der Waals surface area contributed by atoms with Gasteiger partial charge in [-0.25, -0.2) is 9.97 Å². The Hall–Kier alpha value is -2.85. The van der Waals surface area contributed by atoms with Crippen molar-refractivity contribution in [2.24, 2.45) is 0 Å². The summed E-state index contributed by atoms with van der Waals surface area (Å²) in [6.45, 7) is 2.03. The highest BCUT2D eigenvalue weighted by Crippen LogP contribution is 2.28. The Morgan fingerprint density at radius 3 is 2.70 bits per heavy atom. The Labute approximate surface area is 164 Å². The first kappa shape index (κ1) is 20.5. The molecule has 0 saturated carbocycles. The summed E-state index contributed by atoms with van der Waals surface area (Å²) in [5.41, 5.74) is 4.30. The summed E-state index contributed by atoms with van der Waals surface area (Å²) in [6, 6.07) is 4.56. The fourth-order valence-electron chi connectivity index (χ4n) is 1.92. The molecule has 0 atom stereocenters. The summed E-state index contributed by atoms with van der Waals surface area (Å²) < 4.78 is 5.27. The number of hydrogen-bond donors (Lipinski definition) is 3. The van der Waals surface area contributed by atoms with Crippen LogP contribution >= 0.6 is 23.2 Å². The van der Waals surface area contributed by atoms with E-state index in [2.05, 4.69) is 26.1 Å². The first-order chi connectivity index (χ1) is 12.9. The number of anilines is 2. The first-order valence-corrected chi connectivity index (χ1v) is 8.54. The summed E-state index contributed by atoms with van der Waals surface area (Å²) in [6.07, 6.45) is 1.90. The Morgan fingerprint density at radius 1 is 1.30 bits per heavy atom. The number of rotatable bonds is 9. The number of hydrazine groups is 1. The summed E-state index contributed by atoms with van der Waals surface area (Å²) in [5.74, 6) is -0.434. The molecular formula is C15H16Cl2N6O4. The van der Waals surface area contributed by atoms with E-state index in [1.165, 1.54) is 12.1 Å². The number of nitrogens with one attached hydrogen (secondary N) is 3. The van der Waals surface area contributed by atoms with Crippen molar-refractivity contribution in [3.05, 3.63) is 44.7 Å². The van der Waals surface area contributed by atoms with E-state index >= 15 is 0 Å². The smallest absolute Gasteiger partial charge is 0.354 e. The van der Waals surface area contributed by atoms with Crippen LogP contribution in [0.2, 0.25) is 10.0 Å². The average molecular weight is 415 g/mol. The Bertz CT molecular complexity index is 836. The van der Waals surface area contributed by atoms with Gasteiger partial charge < -0.3 is 10.1 Å². The molecule has 1 aromatic heterocycles. The molecule has 10 nitrogen and oxygen atoms in total. The number of nitro groups is 1. The van der Waals surface area contributed by atoms with Gasteiger partial charge >= 0.3 is 5.69 Å². The van der Waals surface area contributed by atoms with Crippen molar-refractivity contribution in [1.82, 2.24) is 15.4 Å². The normalized spacial score (nSPS) is 10.2. The lowest BCUT2D eigenvalue weighted by Gasteiger charge is -2.11. The van der Waals surface area contributed by atoms with Crippen molar-refractivity contribution in [2.45, 2.75) is 13.3 Å². The van der Waals surface area contributed by atoms with Gasteiger partial charge in [0.05, 0.1) is 9.95 Å². The zero-order valence-corrected chi connectivity index (χ0v) is 15.7. The van der Waals surface area contributed by atoms with E-state index in [1.54, 1.807) is 6.07 Å². The predicted molar refractivity (Wildman–Crippen MR) is 101 cm³/mol. The van der Waals surface area contributed by atoms with Crippen LogP contribution in [0, 0.1) is 10.1 Å². The molecule has 3 N–H and O–H groups in total. The molecule has 144 valence electrons. The highest BCUT2D eigenvalue weighted by molar-refractivity contribution is 6.35. The molecule has 0 bridgehead atoms. The van der Waals surface area contributed by atoms with Gasteiger partial charge in [0.25, 0.3) is 5.91 Å². The van der Waals surface area contributed by atoms with Crippen molar-refractivity contribution in [3.63, 3.8) is 0 Å². The molecule has 0 aliphatic heterocycles. The van der Waals surface area contributed by atoms with E-state index in [0.717, 1.165) is 12.7 Å². The number of halogens is 2. The number of hydrogen-bond acceptors (Lipinski definition) is 8. The predicted octanol–water partition coefficient (Wildman–Crippen LogP) is 3.04. The summed E-state index contributed by atoms with van der Waals surface area (Å²) >= 11 is 11.7. The van der Waals surface area contributed by atoms with Crippen LogP contribution in [0.1, 0.15) is 13.3 Å². The second kappa shape index (κ2) is 9.74. The van der Waals surface area contributed by atoms with E-state index in [0.29, 0.717) is 11.6 Å². The van der Waals surface area contributed by atoms with Gasteiger partial charge in [-0.2, -0.15) is 0 Å². The van der Waals surface area contributed by atoms with Crippen LogP contribution in [-0.4, -0.2) is 34.0 Å². The molecule has 27 heavy (non-hydrogen) atoms. The topological polar surface area (TPSA) is 131 Å². The van der Waals surface area contributed by atoms with Gasteiger partial charge in [0.1, 0.15) is 12.1 Å². The number of carbonyl (C=O) groups excluding carboxylic acids is 1. The van der Waals surface area contributed by atoms with Gasteiger partial charge in [0.2, 0.25) is 11.6 Å². The average Bonchev–Trinajstić information content (AvgIpc) is 2.63. The molecule has 0 aliphatic carbocycles. The summed E-state index contributed by atoms with van der Waals surface area (Å²) in [5, 5.41) is 14.8. The molecule has 0 unspecified atom stereocenters. The van der Waals surface area contributed by atoms with Crippen molar-refractivity contribution in [1.29, 1.82) is 0 Å². The lowest BCUT2D eigenvalue weighted by molar-refractivity contribution is -0.383. The van der Waals surface area contributed by atoms with Crippen molar-refractivity contribution in [3.8, 4) is 5.75 Å². The number of carbonyl (C=O) groups is 1. The van der Waals surface area contributed by atoms with Crippen LogP contribution in [0.3, 0.4) is 0 Å². The van der Waals surface area contributed by atoms with Gasteiger partial charge in [-0.3, -0.25) is 25.8 Å². The van der Waals surface area contributed by atoms with E-state index in [1.807, 2.05) is 6.92 Å². The van der Waals surface area contributed by atoms with Crippen LogP contribution in [0.25, 0.3) is 0 Å². The summed E-state index contributed by atoms with van der Waals surface area (Å²) in [4.78, 5) is 30.2. The monoisotopic (exact) mass is 414 g/mol. The molecule has 0 spiro atoms. The lowest BCUT2D eigenvalue weighted by Crippen LogP contribution is -2.34. The molecule has 0 radical (unpaired) electrons. The molecule has 12 heteroatoms. The maximum absolute atomic E-state index is 11.9. The number of nitrogens with zero attached hydrogens (tertiary/aromatic N) is 3. The minimum absolute atomic E-state index is 0.0535. The van der Waals surface area contributed by atoms with Gasteiger partial charge in [0, 0.05) is 11.6 Å². The van der Waals surface area contributed by atoms with Crippen molar-refractivity contribution in [2.75, 3.05) is 23.9 Å². The molecule has 0 fully saturated rings. The minimum atomic E-state index is -0.642. The number of ether oxygens (including phenoxy) is 1. The highest BCUT2D eigenvalue weighted by atomic mass is 35.5. The number of aromatic nitrogens is 2. The molecule has 2 aromatic rings. The molecule has 0 aliphatic rings. The molecular weight excluding hydrogens is 399 g/mol. The largest absolute Gasteiger partial charge is 0.482 e. The SMILES string of the molecule is CCCNc1ncnc(NNC(=O)COc2ccc(Cl)cc2Cl)c1[N+](=O)[O-]. The van der Waals surface area contributed by atoms with Gasteiger partial charge in [0.15, 0.2) is 6.61 Å². The molecule has 1 heterocycles. The summed E-state index contributed by atoms with van der Waals surface area (Å²) in [7, 11) is 0. The molecule has 1 amide bonds.